The number of nitrogens with one attached hydrogen (secondary N) is 1. The van der Waals surface area contributed by atoms with Crippen LogP contribution in [0.4, 0.5) is 0 Å². The first-order valence-electron chi connectivity index (χ1n) is 8.28. The van der Waals surface area contributed by atoms with E-state index in [4.69, 9.17) is 9.47 Å². The summed E-state index contributed by atoms with van der Waals surface area (Å²) in [6, 6.07) is -0.405. The van der Waals surface area contributed by atoms with E-state index in [1.54, 1.807) is 13.8 Å². The molecule has 5 heteroatoms. The van der Waals surface area contributed by atoms with Crippen molar-refractivity contribution in [3.8, 4) is 0 Å². The first-order valence-corrected chi connectivity index (χ1v) is 8.28. The van der Waals surface area contributed by atoms with Crippen LogP contribution in [0.5, 0.6) is 0 Å². The molecule has 0 radical (unpaired) electrons. The lowest BCUT2D eigenvalue weighted by molar-refractivity contribution is -0.145. The Hall–Kier alpha value is -0.650. The molecule has 0 aliphatic heterocycles. The standard InChI is InChI=1S/C16H31NO4/c1-4-13-8-6-7-9-15(13)21-11-14(18)10-17-12(3)16(19)20-5-2/h12-15,17-18H,4-11H2,1-3H3. The van der Waals surface area contributed by atoms with Crippen LogP contribution in [0.3, 0.4) is 0 Å². The first-order chi connectivity index (χ1) is 10.1. The van der Waals surface area contributed by atoms with E-state index in [9.17, 15) is 9.90 Å². The second-order valence-corrected chi connectivity index (χ2v) is 5.86. The van der Waals surface area contributed by atoms with E-state index in [1.807, 2.05) is 0 Å². The zero-order valence-corrected chi connectivity index (χ0v) is 13.6. The molecule has 1 rings (SSSR count). The van der Waals surface area contributed by atoms with Gasteiger partial charge in [0.25, 0.3) is 0 Å². The Balaban J connectivity index is 2.21. The maximum absolute atomic E-state index is 11.4. The van der Waals surface area contributed by atoms with Gasteiger partial charge in [0.15, 0.2) is 0 Å². The number of hydrogen-bond acceptors (Lipinski definition) is 5. The van der Waals surface area contributed by atoms with Gasteiger partial charge >= 0.3 is 5.97 Å². The number of aliphatic hydroxyl groups is 1. The summed E-state index contributed by atoms with van der Waals surface area (Å²) in [4.78, 5) is 11.4. The predicted molar refractivity (Wildman–Crippen MR) is 82.1 cm³/mol. The summed E-state index contributed by atoms with van der Waals surface area (Å²) >= 11 is 0. The van der Waals surface area contributed by atoms with Crippen molar-refractivity contribution in [1.82, 2.24) is 5.32 Å². The normalized spacial score (nSPS) is 25.3. The molecule has 5 nitrogen and oxygen atoms in total. The summed E-state index contributed by atoms with van der Waals surface area (Å²) in [5.41, 5.74) is 0. The molecule has 1 saturated carbocycles. The number of rotatable bonds is 9. The van der Waals surface area contributed by atoms with Crippen molar-refractivity contribution in [2.75, 3.05) is 19.8 Å². The quantitative estimate of drug-likeness (QED) is 0.636. The molecule has 0 bridgehead atoms. The average Bonchev–Trinajstić information content (AvgIpc) is 2.50. The van der Waals surface area contributed by atoms with Crippen LogP contribution in [0, 0.1) is 5.92 Å². The number of aliphatic hydroxyl groups excluding tert-OH is 1. The van der Waals surface area contributed by atoms with Crippen LogP contribution < -0.4 is 5.32 Å². The number of esters is 1. The molecule has 124 valence electrons. The number of carbonyl (C=O) groups excluding carboxylic acids is 1. The third-order valence-electron chi connectivity index (χ3n) is 4.17. The van der Waals surface area contributed by atoms with Crippen LogP contribution in [0.2, 0.25) is 0 Å². The predicted octanol–water partition coefficient (Wildman–Crippen LogP) is 1.87. The SMILES string of the molecule is CCOC(=O)C(C)NCC(O)COC1CCCCC1CC. The highest BCUT2D eigenvalue weighted by molar-refractivity contribution is 5.75. The number of hydrogen-bond donors (Lipinski definition) is 2. The lowest BCUT2D eigenvalue weighted by Gasteiger charge is -2.31. The maximum atomic E-state index is 11.4. The van der Waals surface area contributed by atoms with Gasteiger partial charge in [0.05, 0.1) is 25.4 Å². The second-order valence-electron chi connectivity index (χ2n) is 5.86. The van der Waals surface area contributed by atoms with Crippen molar-refractivity contribution < 1.29 is 19.4 Å². The molecule has 0 saturated heterocycles. The summed E-state index contributed by atoms with van der Waals surface area (Å²) in [6.45, 7) is 6.75. The molecule has 1 aliphatic carbocycles. The van der Waals surface area contributed by atoms with Crippen molar-refractivity contribution in [3.05, 3.63) is 0 Å². The third-order valence-corrected chi connectivity index (χ3v) is 4.17. The lowest BCUT2D eigenvalue weighted by atomic mass is 9.85. The molecule has 0 aromatic rings. The Morgan fingerprint density at radius 2 is 2.05 bits per heavy atom. The minimum atomic E-state index is -0.596. The zero-order chi connectivity index (χ0) is 15.7. The van der Waals surface area contributed by atoms with Gasteiger partial charge in [-0.15, -0.1) is 0 Å². The molecule has 21 heavy (non-hydrogen) atoms. The highest BCUT2D eigenvalue weighted by Crippen LogP contribution is 2.29. The molecular formula is C16H31NO4. The summed E-state index contributed by atoms with van der Waals surface area (Å²) in [6.07, 6.45) is 5.66. The molecule has 0 aromatic heterocycles. The summed E-state index contributed by atoms with van der Waals surface area (Å²) in [5.74, 6) is 0.335. The summed E-state index contributed by atoms with van der Waals surface area (Å²) in [5, 5.41) is 12.9. The fraction of sp³-hybridized carbons (Fsp3) is 0.938. The zero-order valence-electron chi connectivity index (χ0n) is 13.6. The van der Waals surface area contributed by atoms with Gasteiger partial charge in [-0.2, -0.15) is 0 Å². The smallest absolute Gasteiger partial charge is 0.322 e. The van der Waals surface area contributed by atoms with Gasteiger partial charge in [0.1, 0.15) is 6.04 Å². The van der Waals surface area contributed by atoms with Gasteiger partial charge in [-0.25, -0.2) is 0 Å². The minimum Gasteiger partial charge on any atom is -0.465 e. The van der Waals surface area contributed by atoms with Crippen LogP contribution in [0.1, 0.15) is 52.9 Å². The van der Waals surface area contributed by atoms with Crippen molar-refractivity contribution in [1.29, 1.82) is 0 Å². The van der Waals surface area contributed by atoms with Crippen LogP contribution in [-0.2, 0) is 14.3 Å². The Bertz CT molecular complexity index is 298. The molecule has 0 aromatic carbocycles. The molecule has 4 atom stereocenters. The molecular weight excluding hydrogens is 270 g/mol. The molecule has 2 N–H and O–H groups in total. The van der Waals surface area contributed by atoms with Crippen molar-refractivity contribution >= 4 is 5.97 Å². The van der Waals surface area contributed by atoms with Crippen LogP contribution >= 0.6 is 0 Å². The topological polar surface area (TPSA) is 67.8 Å². The van der Waals surface area contributed by atoms with Crippen LogP contribution in [0.15, 0.2) is 0 Å². The highest BCUT2D eigenvalue weighted by Gasteiger charge is 2.25. The molecule has 4 unspecified atom stereocenters. The van der Waals surface area contributed by atoms with E-state index in [-0.39, 0.29) is 12.1 Å². The monoisotopic (exact) mass is 301 g/mol. The van der Waals surface area contributed by atoms with Crippen molar-refractivity contribution in [3.63, 3.8) is 0 Å². The van der Waals surface area contributed by atoms with E-state index in [1.165, 1.54) is 19.3 Å². The Morgan fingerprint density at radius 3 is 2.71 bits per heavy atom. The Kier molecular flexibility index (Phi) is 8.88. The van der Waals surface area contributed by atoms with Crippen molar-refractivity contribution in [2.45, 2.75) is 71.1 Å². The Labute approximate surface area is 128 Å². The molecule has 1 fully saturated rings. The fourth-order valence-corrected chi connectivity index (χ4v) is 2.82. The fourth-order valence-electron chi connectivity index (χ4n) is 2.82. The first kappa shape index (κ1) is 18.4. The third kappa shape index (κ3) is 6.76. The van der Waals surface area contributed by atoms with Gasteiger partial charge in [0, 0.05) is 6.54 Å². The van der Waals surface area contributed by atoms with E-state index in [2.05, 4.69) is 12.2 Å². The van der Waals surface area contributed by atoms with Gasteiger partial charge in [-0.3, -0.25) is 4.79 Å². The van der Waals surface area contributed by atoms with E-state index < -0.39 is 12.1 Å². The average molecular weight is 301 g/mol. The summed E-state index contributed by atoms with van der Waals surface area (Å²) < 4.78 is 10.8. The van der Waals surface area contributed by atoms with Gasteiger partial charge in [-0.05, 0) is 32.6 Å². The molecule has 0 spiro atoms. The largest absolute Gasteiger partial charge is 0.465 e. The van der Waals surface area contributed by atoms with E-state index >= 15 is 0 Å². The van der Waals surface area contributed by atoms with E-state index in [0.717, 1.165) is 12.8 Å². The number of ether oxygens (including phenoxy) is 2. The van der Waals surface area contributed by atoms with Gasteiger partial charge in [-0.1, -0.05) is 26.2 Å². The van der Waals surface area contributed by atoms with Gasteiger partial charge in [0.2, 0.25) is 0 Å². The van der Waals surface area contributed by atoms with Crippen molar-refractivity contribution in [2.24, 2.45) is 5.92 Å². The molecule has 0 heterocycles. The minimum absolute atomic E-state index is 0.279. The number of carbonyl (C=O) groups is 1. The molecule has 0 amide bonds. The maximum Gasteiger partial charge on any atom is 0.322 e. The Morgan fingerprint density at radius 1 is 1.33 bits per heavy atom. The summed E-state index contributed by atoms with van der Waals surface area (Å²) in [7, 11) is 0. The van der Waals surface area contributed by atoms with Crippen LogP contribution in [0.25, 0.3) is 0 Å². The van der Waals surface area contributed by atoms with E-state index in [0.29, 0.717) is 25.7 Å². The highest BCUT2D eigenvalue weighted by atomic mass is 16.5. The molecule has 1 aliphatic rings. The lowest BCUT2D eigenvalue weighted by Crippen LogP contribution is -2.42. The second kappa shape index (κ2) is 10.1. The van der Waals surface area contributed by atoms with Gasteiger partial charge < -0.3 is 19.9 Å². The van der Waals surface area contributed by atoms with Crippen LogP contribution in [-0.4, -0.2) is 49.1 Å².